The van der Waals surface area contributed by atoms with Crippen LogP contribution in [0.15, 0.2) is 28.9 Å². The molecule has 1 atom stereocenters. The average Bonchev–Trinajstić information content (AvgIpc) is 2.58. The van der Waals surface area contributed by atoms with E-state index in [2.05, 4.69) is 21.0 Å². The summed E-state index contributed by atoms with van der Waals surface area (Å²) in [5.41, 5.74) is 2.40. The van der Waals surface area contributed by atoms with Gasteiger partial charge in [-0.2, -0.15) is 5.10 Å². The summed E-state index contributed by atoms with van der Waals surface area (Å²) in [6.45, 7) is 3.57. The Hall–Kier alpha value is -0.840. The summed E-state index contributed by atoms with van der Waals surface area (Å²) in [5.74, 6) is 0. The summed E-state index contributed by atoms with van der Waals surface area (Å²) in [5, 5.41) is 14.7. The molecule has 0 aliphatic carbocycles. The van der Waals surface area contributed by atoms with Gasteiger partial charge in [0.05, 0.1) is 22.5 Å². The molecule has 0 aliphatic heterocycles. The van der Waals surface area contributed by atoms with Gasteiger partial charge in [0.1, 0.15) is 0 Å². The second-order valence-electron chi connectivity index (χ2n) is 3.89. The third kappa shape index (κ3) is 2.54. The Morgan fingerprint density at radius 1 is 1.47 bits per heavy atom. The van der Waals surface area contributed by atoms with Crippen LogP contribution in [0.4, 0.5) is 0 Å². The number of aryl methyl sites for hydroxylation is 1. The summed E-state index contributed by atoms with van der Waals surface area (Å²) in [4.78, 5) is 0. The first-order valence-electron chi connectivity index (χ1n) is 5.18. The summed E-state index contributed by atoms with van der Waals surface area (Å²) in [6, 6.07) is 5.67. The first-order valence-corrected chi connectivity index (χ1v) is 6.36. The number of nitrogens with zero attached hydrogens (tertiary/aromatic N) is 2. The molecule has 0 radical (unpaired) electrons. The smallest absolute Gasteiger partial charge is 0.0819 e. The lowest BCUT2D eigenvalue weighted by Gasteiger charge is -2.12. The highest BCUT2D eigenvalue weighted by molar-refractivity contribution is 9.10. The molecule has 1 heterocycles. The molecule has 90 valence electrons. The van der Waals surface area contributed by atoms with Crippen molar-refractivity contribution in [1.29, 1.82) is 0 Å². The lowest BCUT2D eigenvalue weighted by molar-refractivity contribution is 0.199. The van der Waals surface area contributed by atoms with E-state index in [1.54, 1.807) is 17.8 Å². The van der Waals surface area contributed by atoms with Crippen LogP contribution in [0.3, 0.4) is 0 Å². The van der Waals surface area contributed by atoms with Crippen molar-refractivity contribution in [1.82, 2.24) is 9.78 Å². The van der Waals surface area contributed by atoms with E-state index < -0.39 is 6.10 Å². The van der Waals surface area contributed by atoms with Crippen molar-refractivity contribution >= 4 is 27.5 Å². The Balaban J connectivity index is 2.60. The molecule has 2 rings (SSSR count). The molecule has 17 heavy (non-hydrogen) atoms. The molecule has 1 N–H and O–H groups in total. The molecule has 1 aromatic heterocycles. The molecule has 1 aromatic carbocycles. The van der Waals surface area contributed by atoms with E-state index in [0.717, 1.165) is 21.4 Å². The van der Waals surface area contributed by atoms with Crippen molar-refractivity contribution in [3.63, 3.8) is 0 Å². The molecule has 0 aliphatic rings. The molecule has 1 unspecified atom stereocenters. The van der Waals surface area contributed by atoms with Crippen molar-refractivity contribution in [3.8, 4) is 5.69 Å². The molecule has 0 fully saturated rings. The molecular formula is C12H12BrClN2O. The van der Waals surface area contributed by atoms with Gasteiger partial charge in [-0.05, 0) is 26.0 Å². The molecule has 0 saturated heterocycles. The number of hydrogen-bond acceptors (Lipinski definition) is 2. The lowest BCUT2D eigenvalue weighted by atomic mass is 10.1. The van der Waals surface area contributed by atoms with Crippen LogP contribution in [-0.2, 0) is 0 Å². The van der Waals surface area contributed by atoms with Gasteiger partial charge in [0.15, 0.2) is 0 Å². The Labute approximate surface area is 113 Å². The highest BCUT2D eigenvalue weighted by Crippen LogP contribution is 2.26. The molecule has 2 aromatic rings. The number of hydrogen-bond donors (Lipinski definition) is 1. The van der Waals surface area contributed by atoms with Gasteiger partial charge in [-0.1, -0.05) is 33.6 Å². The fourth-order valence-electron chi connectivity index (χ4n) is 1.63. The van der Waals surface area contributed by atoms with Gasteiger partial charge in [0.2, 0.25) is 0 Å². The second kappa shape index (κ2) is 4.80. The summed E-state index contributed by atoms with van der Waals surface area (Å²) in [7, 11) is 0. The van der Waals surface area contributed by atoms with E-state index in [-0.39, 0.29) is 0 Å². The number of halogens is 2. The van der Waals surface area contributed by atoms with E-state index in [9.17, 15) is 5.11 Å². The molecule has 0 amide bonds. The van der Waals surface area contributed by atoms with E-state index in [1.807, 2.05) is 25.1 Å². The number of aliphatic hydroxyl groups excluding tert-OH is 1. The predicted octanol–water partition coefficient (Wildman–Crippen LogP) is 3.65. The molecule has 3 nitrogen and oxygen atoms in total. The van der Waals surface area contributed by atoms with Crippen LogP contribution >= 0.6 is 27.5 Å². The third-order valence-electron chi connectivity index (χ3n) is 2.53. The maximum Gasteiger partial charge on any atom is 0.0819 e. The number of aliphatic hydroxyl groups is 1. The molecule has 5 heteroatoms. The SMILES string of the molecule is Cc1nn(-c2cc(Br)ccc2C(C)O)cc1Cl. The Morgan fingerprint density at radius 3 is 2.71 bits per heavy atom. The van der Waals surface area contributed by atoms with Gasteiger partial charge in [0.25, 0.3) is 0 Å². The molecule has 0 bridgehead atoms. The minimum atomic E-state index is -0.554. The fourth-order valence-corrected chi connectivity index (χ4v) is 2.11. The zero-order valence-corrected chi connectivity index (χ0v) is 11.8. The van der Waals surface area contributed by atoms with Crippen molar-refractivity contribution in [2.24, 2.45) is 0 Å². The predicted molar refractivity (Wildman–Crippen MR) is 71.6 cm³/mol. The average molecular weight is 316 g/mol. The van der Waals surface area contributed by atoms with Crippen LogP contribution in [0.2, 0.25) is 5.02 Å². The normalized spacial score (nSPS) is 12.8. The highest BCUT2D eigenvalue weighted by atomic mass is 79.9. The molecular weight excluding hydrogens is 304 g/mol. The minimum absolute atomic E-state index is 0.554. The van der Waals surface area contributed by atoms with Crippen LogP contribution in [-0.4, -0.2) is 14.9 Å². The van der Waals surface area contributed by atoms with Crippen LogP contribution in [0.25, 0.3) is 5.69 Å². The zero-order valence-electron chi connectivity index (χ0n) is 9.48. The Morgan fingerprint density at radius 2 is 2.18 bits per heavy atom. The van der Waals surface area contributed by atoms with Gasteiger partial charge in [-0.15, -0.1) is 0 Å². The summed E-state index contributed by atoms with van der Waals surface area (Å²) in [6.07, 6.45) is 1.19. The van der Waals surface area contributed by atoms with Crippen molar-refractivity contribution in [2.45, 2.75) is 20.0 Å². The van der Waals surface area contributed by atoms with Gasteiger partial charge in [-0.3, -0.25) is 0 Å². The van der Waals surface area contributed by atoms with Gasteiger partial charge >= 0.3 is 0 Å². The van der Waals surface area contributed by atoms with Crippen LogP contribution in [0.5, 0.6) is 0 Å². The third-order valence-corrected chi connectivity index (χ3v) is 3.39. The molecule has 0 saturated carbocycles. The van der Waals surface area contributed by atoms with E-state index in [0.29, 0.717) is 5.02 Å². The second-order valence-corrected chi connectivity index (χ2v) is 5.21. The van der Waals surface area contributed by atoms with E-state index >= 15 is 0 Å². The maximum absolute atomic E-state index is 9.74. The number of rotatable bonds is 2. The van der Waals surface area contributed by atoms with Crippen LogP contribution in [0.1, 0.15) is 24.3 Å². The maximum atomic E-state index is 9.74. The zero-order chi connectivity index (χ0) is 12.6. The largest absolute Gasteiger partial charge is 0.389 e. The standard InChI is InChI=1S/C12H12BrClN2O/c1-7-11(14)6-16(15-7)12-5-9(13)3-4-10(12)8(2)17/h3-6,8,17H,1-2H3. The van der Waals surface area contributed by atoms with Crippen molar-refractivity contribution in [2.75, 3.05) is 0 Å². The van der Waals surface area contributed by atoms with Crippen molar-refractivity contribution < 1.29 is 5.11 Å². The lowest BCUT2D eigenvalue weighted by Crippen LogP contribution is -2.03. The van der Waals surface area contributed by atoms with Gasteiger partial charge in [0, 0.05) is 16.2 Å². The fraction of sp³-hybridized carbons (Fsp3) is 0.250. The van der Waals surface area contributed by atoms with Gasteiger partial charge in [-0.25, -0.2) is 4.68 Å². The van der Waals surface area contributed by atoms with Gasteiger partial charge < -0.3 is 5.11 Å². The molecule has 0 spiro atoms. The van der Waals surface area contributed by atoms with Crippen molar-refractivity contribution in [3.05, 3.63) is 45.1 Å². The number of aromatic nitrogens is 2. The Kier molecular flexibility index (Phi) is 3.56. The highest BCUT2D eigenvalue weighted by Gasteiger charge is 2.12. The summed E-state index contributed by atoms with van der Waals surface area (Å²) >= 11 is 9.41. The number of benzene rings is 1. The Bertz CT molecular complexity index is 532. The minimum Gasteiger partial charge on any atom is -0.389 e. The summed E-state index contributed by atoms with van der Waals surface area (Å²) < 4.78 is 2.62. The van der Waals surface area contributed by atoms with Crippen LogP contribution < -0.4 is 0 Å². The topological polar surface area (TPSA) is 38.0 Å². The first kappa shape index (κ1) is 12.6. The van der Waals surface area contributed by atoms with E-state index in [1.165, 1.54) is 0 Å². The van der Waals surface area contributed by atoms with E-state index in [4.69, 9.17) is 11.6 Å². The quantitative estimate of drug-likeness (QED) is 0.918. The monoisotopic (exact) mass is 314 g/mol. The first-order chi connectivity index (χ1) is 7.99. The van der Waals surface area contributed by atoms with Crippen LogP contribution in [0, 0.1) is 6.92 Å².